The number of amides is 1. The maximum Gasteiger partial charge on any atom is 0.261 e. The van der Waals surface area contributed by atoms with E-state index in [1.165, 1.54) is 4.88 Å². The molecule has 1 amide bonds. The van der Waals surface area contributed by atoms with Crippen molar-refractivity contribution in [3.63, 3.8) is 0 Å². The summed E-state index contributed by atoms with van der Waals surface area (Å²) in [6, 6.07) is 11.7. The largest absolute Gasteiger partial charge is 0.343 e. The summed E-state index contributed by atoms with van der Waals surface area (Å²) in [6.07, 6.45) is 1.64. The maximum absolute atomic E-state index is 13.1. The summed E-state index contributed by atoms with van der Waals surface area (Å²) in [4.78, 5) is 27.0. The lowest BCUT2D eigenvalue weighted by Gasteiger charge is -2.18. The zero-order valence-corrected chi connectivity index (χ0v) is 17.7. The zero-order valence-electron chi connectivity index (χ0n) is 16.8. The van der Waals surface area contributed by atoms with E-state index in [1.54, 1.807) is 17.4 Å². The number of hydrogen-bond acceptors (Lipinski definition) is 3. The second kappa shape index (κ2) is 8.57. The van der Waals surface area contributed by atoms with Crippen LogP contribution in [-0.4, -0.2) is 10.5 Å². The number of aromatic nitrogens is 1. The number of anilines is 1. The van der Waals surface area contributed by atoms with Crippen molar-refractivity contribution in [2.75, 3.05) is 5.32 Å². The Hall–Kier alpha value is -2.66. The number of pyridine rings is 1. The van der Waals surface area contributed by atoms with Crippen molar-refractivity contribution in [3.05, 3.63) is 85.0 Å². The molecule has 2 heterocycles. The SMILES string of the molecule is CCc1cccc(CC)c1NC(=O)c1c(C)n(Cc2cccs2)c(C)cc1=O. The summed E-state index contributed by atoms with van der Waals surface area (Å²) < 4.78 is 2.04. The molecule has 0 aliphatic carbocycles. The molecule has 0 radical (unpaired) electrons. The molecular weight excluding hydrogens is 368 g/mol. The fourth-order valence-electron chi connectivity index (χ4n) is 3.57. The predicted molar refractivity (Wildman–Crippen MR) is 117 cm³/mol. The molecule has 5 heteroatoms. The van der Waals surface area contributed by atoms with E-state index in [0.717, 1.165) is 35.3 Å². The molecule has 0 unspecified atom stereocenters. The van der Waals surface area contributed by atoms with E-state index in [1.807, 2.05) is 48.1 Å². The molecule has 0 aliphatic heterocycles. The molecule has 28 heavy (non-hydrogen) atoms. The number of carbonyl (C=O) groups excluding carboxylic acids is 1. The fraction of sp³-hybridized carbons (Fsp3) is 0.304. The predicted octanol–water partition coefficient (Wildman–Crippen LogP) is 4.95. The maximum atomic E-state index is 13.1. The van der Waals surface area contributed by atoms with Crippen LogP contribution in [0.4, 0.5) is 5.69 Å². The first-order chi connectivity index (χ1) is 13.5. The summed E-state index contributed by atoms with van der Waals surface area (Å²) in [5.41, 5.74) is 4.53. The van der Waals surface area contributed by atoms with Crippen molar-refractivity contribution in [1.82, 2.24) is 4.57 Å². The lowest BCUT2D eigenvalue weighted by Crippen LogP contribution is -2.27. The highest BCUT2D eigenvalue weighted by atomic mass is 32.1. The summed E-state index contributed by atoms with van der Waals surface area (Å²) in [5.74, 6) is -0.335. The van der Waals surface area contributed by atoms with Crippen LogP contribution in [0.15, 0.2) is 46.6 Å². The Morgan fingerprint density at radius 1 is 1.07 bits per heavy atom. The number of carbonyl (C=O) groups is 1. The van der Waals surface area contributed by atoms with E-state index < -0.39 is 0 Å². The first kappa shape index (κ1) is 20.1. The average molecular weight is 395 g/mol. The van der Waals surface area contributed by atoms with Gasteiger partial charge in [-0.1, -0.05) is 38.1 Å². The molecule has 3 aromatic rings. The first-order valence-corrected chi connectivity index (χ1v) is 10.5. The van der Waals surface area contributed by atoms with Gasteiger partial charge in [0.25, 0.3) is 5.91 Å². The van der Waals surface area contributed by atoms with Crippen LogP contribution in [0.5, 0.6) is 0 Å². The van der Waals surface area contributed by atoms with Crippen LogP contribution in [0, 0.1) is 13.8 Å². The Bertz CT molecular complexity index is 1030. The number of nitrogens with zero attached hydrogens (tertiary/aromatic N) is 1. The summed E-state index contributed by atoms with van der Waals surface area (Å²) in [5, 5.41) is 5.07. The molecule has 0 saturated carbocycles. The molecule has 1 aromatic carbocycles. The lowest BCUT2D eigenvalue weighted by molar-refractivity contribution is 0.102. The van der Waals surface area contributed by atoms with Crippen LogP contribution in [0.1, 0.15) is 51.6 Å². The van der Waals surface area contributed by atoms with Crippen LogP contribution in [0.3, 0.4) is 0 Å². The van der Waals surface area contributed by atoms with E-state index in [-0.39, 0.29) is 16.9 Å². The van der Waals surface area contributed by atoms with Gasteiger partial charge in [-0.3, -0.25) is 9.59 Å². The molecule has 146 valence electrons. The number of para-hydroxylation sites is 1. The fourth-order valence-corrected chi connectivity index (χ4v) is 4.27. The smallest absolute Gasteiger partial charge is 0.261 e. The molecule has 0 fully saturated rings. The van der Waals surface area contributed by atoms with Gasteiger partial charge in [-0.2, -0.15) is 0 Å². The number of hydrogen-bond donors (Lipinski definition) is 1. The van der Waals surface area contributed by atoms with Gasteiger partial charge in [0, 0.05) is 28.0 Å². The van der Waals surface area contributed by atoms with Crippen molar-refractivity contribution >= 4 is 22.9 Å². The molecule has 2 aromatic heterocycles. The van der Waals surface area contributed by atoms with Crippen LogP contribution in [0.25, 0.3) is 0 Å². The van der Waals surface area contributed by atoms with E-state index >= 15 is 0 Å². The second-order valence-corrected chi connectivity index (χ2v) is 7.92. The minimum absolute atomic E-state index is 0.218. The third-order valence-electron chi connectivity index (χ3n) is 5.14. The quantitative estimate of drug-likeness (QED) is 0.643. The average Bonchev–Trinajstić information content (AvgIpc) is 3.18. The highest BCUT2D eigenvalue weighted by molar-refractivity contribution is 7.09. The van der Waals surface area contributed by atoms with Gasteiger partial charge >= 0.3 is 0 Å². The van der Waals surface area contributed by atoms with Gasteiger partial charge in [-0.15, -0.1) is 11.3 Å². The summed E-state index contributed by atoms with van der Waals surface area (Å²) in [7, 11) is 0. The molecule has 0 spiro atoms. The minimum atomic E-state index is -0.335. The third-order valence-corrected chi connectivity index (χ3v) is 6.00. The number of thiophene rings is 1. The number of benzene rings is 1. The zero-order chi connectivity index (χ0) is 20.3. The van der Waals surface area contributed by atoms with Crippen molar-refractivity contribution in [3.8, 4) is 0 Å². The van der Waals surface area contributed by atoms with E-state index in [9.17, 15) is 9.59 Å². The normalized spacial score (nSPS) is 10.9. The molecule has 0 atom stereocenters. The van der Waals surface area contributed by atoms with Gasteiger partial charge in [0.1, 0.15) is 5.56 Å². The minimum Gasteiger partial charge on any atom is -0.343 e. The van der Waals surface area contributed by atoms with Crippen molar-refractivity contribution in [2.24, 2.45) is 0 Å². The molecule has 0 bridgehead atoms. The Morgan fingerprint density at radius 3 is 2.32 bits per heavy atom. The topological polar surface area (TPSA) is 51.1 Å². The van der Waals surface area contributed by atoms with Crippen molar-refractivity contribution < 1.29 is 4.79 Å². The first-order valence-electron chi connectivity index (χ1n) is 9.61. The molecule has 4 nitrogen and oxygen atoms in total. The third kappa shape index (κ3) is 3.94. The van der Waals surface area contributed by atoms with Crippen molar-refractivity contribution in [2.45, 2.75) is 47.1 Å². The highest BCUT2D eigenvalue weighted by Gasteiger charge is 2.19. The van der Waals surface area contributed by atoms with Gasteiger partial charge in [-0.05, 0) is 49.3 Å². The number of nitrogens with one attached hydrogen (secondary N) is 1. The van der Waals surface area contributed by atoms with E-state index in [4.69, 9.17) is 0 Å². The van der Waals surface area contributed by atoms with Gasteiger partial charge in [0.2, 0.25) is 0 Å². The molecule has 0 aliphatic rings. The molecule has 0 saturated heterocycles. The lowest BCUT2D eigenvalue weighted by atomic mass is 10.0. The monoisotopic (exact) mass is 394 g/mol. The standard InChI is InChI=1S/C23H26N2O2S/c1-5-17-9-7-10-18(6-2)22(17)24-23(27)21-16(4)25(15(3)13-20(21)26)14-19-11-8-12-28-19/h7-13H,5-6,14H2,1-4H3,(H,24,27). The Balaban J connectivity index is 2.02. The Morgan fingerprint density at radius 2 is 1.75 bits per heavy atom. The summed E-state index contributed by atoms with van der Waals surface area (Å²) >= 11 is 1.67. The van der Waals surface area contributed by atoms with Crippen molar-refractivity contribution in [1.29, 1.82) is 0 Å². The van der Waals surface area contributed by atoms with Crippen LogP contribution in [-0.2, 0) is 19.4 Å². The van der Waals surface area contributed by atoms with Gasteiger partial charge in [0.05, 0.1) is 6.54 Å². The van der Waals surface area contributed by atoms with Crippen LogP contribution < -0.4 is 10.7 Å². The summed E-state index contributed by atoms with van der Waals surface area (Å²) in [6.45, 7) is 8.54. The van der Waals surface area contributed by atoms with Gasteiger partial charge in [0.15, 0.2) is 5.43 Å². The Labute approximate surface area is 169 Å². The molecular formula is C23H26N2O2S. The highest BCUT2D eigenvalue weighted by Crippen LogP contribution is 2.24. The van der Waals surface area contributed by atoms with Crippen LogP contribution >= 0.6 is 11.3 Å². The second-order valence-electron chi connectivity index (χ2n) is 6.89. The van der Waals surface area contributed by atoms with Gasteiger partial charge in [-0.25, -0.2) is 0 Å². The van der Waals surface area contributed by atoms with E-state index in [2.05, 4.69) is 25.2 Å². The Kier molecular flexibility index (Phi) is 6.15. The molecule has 1 N–H and O–H groups in total. The number of aryl methyl sites for hydroxylation is 3. The molecule has 3 rings (SSSR count). The number of rotatable bonds is 6. The van der Waals surface area contributed by atoms with E-state index in [0.29, 0.717) is 12.2 Å². The van der Waals surface area contributed by atoms with Gasteiger partial charge < -0.3 is 9.88 Å². The van der Waals surface area contributed by atoms with Crippen LogP contribution in [0.2, 0.25) is 0 Å².